The van der Waals surface area contributed by atoms with Gasteiger partial charge < -0.3 is 4.42 Å². The summed E-state index contributed by atoms with van der Waals surface area (Å²) in [4.78, 5) is 29.3. The van der Waals surface area contributed by atoms with E-state index in [9.17, 15) is 9.59 Å². The summed E-state index contributed by atoms with van der Waals surface area (Å²) in [6, 6.07) is 3.45. The van der Waals surface area contributed by atoms with Crippen LogP contribution in [0.1, 0.15) is 12.7 Å². The molecule has 1 amide bonds. The molecule has 116 valence electrons. The first kappa shape index (κ1) is 14.3. The summed E-state index contributed by atoms with van der Waals surface area (Å²) in [5.74, 6) is 0.317. The van der Waals surface area contributed by atoms with E-state index < -0.39 is 0 Å². The van der Waals surface area contributed by atoms with Crippen molar-refractivity contribution in [1.29, 1.82) is 0 Å². The molecule has 8 nitrogen and oxygen atoms in total. The highest BCUT2D eigenvalue weighted by Gasteiger charge is 2.17. The van der Waals surface area contributed by atoms with Gasteiger partial charge in [-0.25, -0.2) is 9.75 Å². The Morgan fingerprint density at radius 1 is 1.45 bits per heavy atom. The average Bonchev–Trinajstić information content (AvgIpc) is 3.10. The van der Waals surface area contributed by atoms with Crippen LogP contribution in [0.2, 0.25) is 0 Å². The molecule has 0 aliphatic heterocycles. The Kier molecular flexibility index (Phi) is 3.45. The molecule has 0 fully saturated rings. The first-order chi connectivity index (χ1) is 10.6. The molecule has 0 aliphatic carbocycles. The number of hydroxylamine groups is 2. The zero-order valence-corrected chi connectivity index (χ0v) is 12.6. The van der Waals surface area contributed by atoms with E-state index >= 15 is 0 Å². The highest BCUT2D eigenvalue weighted by atomic mass is 16.7. The molecule has 3 aromatic rings. The quantitative estimate of drug-likeness (QED) is 0.667. The molecule has 0 saturated heterocycles. The van der Waals surface area contributed by atoms with Crippen molar-refractivity contribution in [3.05, 3.63) is 34.6 Å². The molecular formula is C14H16N4O4. The minimum Gasteiger partial charge on any atom is -0.463 e. The molecule has 0 aliphatic rings. The van der Waals surface area contributed by atoms with Crippen LogP contribution in [0.3, 0.4) is 0 Å². The zero-order chi connectivity index (χ0) is 15.9. The normalized spacial score (nSPS) is 11.4. The molecule has 0 aromatic carbocycles. The van der Waals surface area contributed by atoms with E-state index in [0.717, 1.165) is 15.3 Å². The number of carbonyl (C=O) groups is 1. The van der Waals surface area contributed by atoms with Gasteiger partial charge in [-0.05, 0) is 0 Å². The molecule has 3 rings (SSSR count). The lowest BCUT2D eigenvalue weighted by atomic mass is 10.4. The van der Waals surface area contributed by atoms with Gasteiger partial charge in [0.25, 0.3) is 11.5 Å². The predicted molar refractivity (Wildman–Crippen MR) is 78.4 cm³/mol. The maximum Gasteiger partial charge on any atom is 0.291 e. The summed E-state index contributed by atoms with van der Waals surface area (Å²) in [7, 11) is 2.87. The number of furan rings is 1. The Hall–Kier alpha value is -2.61. The summed E-state index contributed by atoms with van der Waals surface area (Å²) < 4.78 is 8.27. The van der Waals surface area contributed by atoms with Gasteiger partial charge in [-0.15, -0.1) is 0 Å². The number of fused-ring (bicyclic) bond motifs is 3. The summed E-state index contributed by atoms with van der Waals surface area (Å²) >= 11 is 0. The third-order valence-corrected chi connectivity index (χ3v) is 3.60. The van der Waals surface area contributed by atoms with Gasteiger partial charge in [0.05, 0.1) is 18.9 Å². The van der Waals surface area contributed by atoms with Crippen LogP contribution in [-0.2, 0) is 22.6 Å². The molecule has 0 N–H and O–H groups in total. The van der Waals surface area contributed by atoms with Crippen molar-refractivity contribution in [1.82, 2.24) is 19.2 Å². The first-order valence-electron chi connectivity index (χ1n) is 6.86. The highest BCUT2D eigenvalue weighted by molar-refractivity contribution is 5.82. The van der Waals surface area contributed by atoms with E-state index in [2.05, 4.69) is 5.10 Å². The van der Waals surface area contributed by atoms with E-state index in [1.54, 1.807) is 22.8 Å². The number of hydrogen-bond acceptors (Lipinski definition) is 5. The second-order valence-corrected chi connectivity index (χ2v) is 4.84. The summed E-state index contributed by atoms with van der Waals surface area (Å²) in [5, 5.41) is 5.36. The average molecular weight is 304 g/mol. The monoisotopic (exact) mass is 304 g/mol. The van der Waals surface area contributed by atoms with Gasteiger partial charge in [-0.3, -0.25) is 18.8 Å². The molecule has 3 aromatic heterocycles. The maximum atomic E-state index is 12.5. The van der Waals surface area contributed by atoms with E-state index in [4.69, 9.17) is 9.25 Å². The fourth-order valence-corrected chi connectivity index (χ4v) is 2.39. The Labute approximate surface area is 125 Å². The molecule has 22 heavy (non-hydrogen) atoms. The molecule has 0 unspecified atom stereocenters. The van der Waals surface area contributed by atoms with Crippen LogP contribution >= 0.6 is 0 Å². The Balaban J connectivity index is 2.18. The van der Waals surface area contributed by atoms with Crippen molar-refractivity contribution in [2.75, 3.05) is 14.2 Å². The van der Waals surface area contributed by atoms with E-state index in [0.29, 0.717) is 23.3 Å². The molecule has 0 bridgehead atoms. The van der Waals surface area contributed by atoms with Crippen LogP contribution in [0.4, 0.5) is 0 Å². The smallest absolute Gasteiger partial charge is 0.291 e. The van der Waals surface area contributed by atoms with Gasteiger partial charge in [-0.1, -0.05) is 6.92 Å². The number of aryl methyl sites for hydroxylation is 1. The third-order valence-electron chi connectivity index (χ3n) is 3.60. The zero-order valence-electron chi connectivity index (χ0n) is 12.6. The first-order valence-corrected chi connectivity index (χ1v) is 6.86. The van der Waals surface area contributed by atoms with Crippen molar-refractivity contribution in [3.63, 3.8) is 0 Å². The predicted octanol–water partition coefficient (Wildman–Crippen LogP) is 0.824. The minimum absolute atomic E-state index is 0.181. The molecule has 0 spiro atoms. The highest BCUT2D eigenvalue weighted by Crippen LogP contribution is 2.20. The second kappa shape index (κ2) is 5.30. The minimum atomic E-state index is -0.362. The number of hydrogen-bond donors (Lipinski definition) is 0. The van der Waals surface area contributed by atoms with Gasteiger partial charge >= 0.3 is 0 Å². The standard InChI is InChI=1S/C14H16N4O4/c1-4-12-15-17(8-13(19)16(2)21-3)14(20)10-7-11-9(18(10)12)5-6-22-11/h5-7H,4,8H2,1-3H3. The Bertz CT molecular complexity index is 905. The Morgan fingerprint density at radius 2 is 2.23 bits per heavy atom. The van der Waals surface area contributed by atoms with Gasteiger partial charge in [0.15, 0.2) is 5.58 Å². The molecule has 0 atom stereocenters. The SMILES string of the molecule is CCc1nn(CC(=O)N(C)OC)c(=O)c2cc3occc3n12. The van der Waals surface area contributed by atoms with Crippen LogP contribution in [0, 0.1) is 0 Å². The molecule has 0 radical (unpaired) electrons. The van der Waals surface area contributed by atoms with E-state index in [1.807, 2.05) is 6.92 Å². The molecule has 0 saturated carbocycles. The maximum absolute atomic E-state index is 12.5. The van der Waals surface area contributed by atoms with Crippen molar-refractivity contribution in [2.45, 2.75) is 19.9 Å². The van der Waals surface area contributed by atoms with Crippen molar-refractivity contribution >= 4 is 22.5 Å². The molecular weight excluding hydrogens is 288 g/mol. The summed E-state index contributed by atoms with van der Waals surface area (Å²) in [6.07, 6.45) is 2.18. The second-order valence-electron chi connectivity index (χ2n) is 4.84. The largest absolute Gasteiger partial charge is 0.463 e. The van der Waals surface area contributed by atoms with Gasteiger partial charge in [0.2, 0.25) is 0 Å². The van der Waals surface area contributed by atoms with Crippen LogP contribution in [0.15, 0.2) is 27.6 Å². The van der Waals surface area contributed by atoms with Crippen molar-refractivity contribution < 1.29 is 14.0 Å². The van der Waals surface area contributed by atoms with Crippen LogP contribution in [0.5, 0.6) is 0 Å². The summed E-state index contributed by atoms with van der Waals surface area (Å²) in [5.41, 5.74) is 1.51. The fraction of sp³-hybridized carbons (Fsp3) is 0.357. The van der Waals surface area contributed by atoms with Gasteiger partial charge in [0, 0.05) is 25.6 Å². The topological polar surface area (TPSA) is 82.0 Å². The number of carbonyl (C=O) groups excluding carboxylic acids is 1. The van der Waals surface area contributed by atoms with Gasteiger partial charge in [0.1, 0.15) is 17.9 Å². The third kappa shape index (κ3) is 2.08. The number of aromatic nitrogens is 3. The van der Waals surface area contributed by atoms with Crippen LogP contribution in [0.25, 0.3) is 16.6 Å². The lowest BCUT2D eigenvalue weighted by molar-refractivity contribution is -0.169. The van der Waals surface area contributed by atoms with E-state index in [1.165, 1.54) is 14.2 Å². The van der Waals surface area contributed by atoms with Crippen LogP contribution < -0.4 is 5.56 Å². The lowest BCUT2D eigenvalue weighted by Crippen LogP contribution is -2.35. The van der Waals surface area contributed by atoms with Gasteiger partial charge in [-0.2, -0.15) is 5.10 Å². The number of likely N-dealkylation sites (N-methyl/N-ethyl adjacent to an activating group) is 1. The van der Waals surface area contributed by atoms with Crippen molar-refractivity contribution in [3.8, 4) is 0 Å². The number of amides is 1. The Morgan fingerprint density at radius 3 is 2.91 bits per heavy atom. The van der Waals surface area contributed by atoms with Crippen molar-refractivity contribution in [2.24, 2.45) is 0 Å². The number of rotatable bonds is 4. The number of nitrogens with zero attached hydrogens (tertiary/aromatic N) is 4. The molecule has 8 heteroatoms. The fourth-order valence-electron chi connectivity index (χ4n) is 2.39. The molecule has 3 heterocycles. The lowest BCUT2D eigenvalue weighted by Gasteiger charge is -2.14. The van der Waals surface area contributed by atoms with Crippen LogP contribution in [-0.4, -0.2) is 39.3 Å². The summed E-state index contributed by atoms with van der Waals surface area (Å²) in [6.45, 7) is 1.75. The van der Waals surface area contributed by atoms with E-state index in [-0.39, 0.29) is 18.0 Å².